The van der Waals surface area contributed by atoms with Crippen LogP contribution >= 0.6 is 11.6 Å². The molecule has 3 aromatic rings. The van der Waals surface area contributed by atoms with Crippen LogP contribution in [0, 0.1) is 6.92 Å². The SMILES string of the molecule is Cc1[nH]c2ccccc2c1C1=CCN(S(=O)(=O)c2cccc(Cl)c2)CC1. The Morgan fingerprint density at radius 3 is 2.65 bits per heavy atom. The van der Waals surface area contributed by atoms with Crippen LogP contribution < -0.4 is 0 Å². The van der Waals surface area contributed by atoms with E-state index in [2.05, 4.69) is 24.0 Å². The lowest BCUT2D eigenvalue weighted by Gasteiger charge is -2.26. The van der Waals surface area contributed by atoms with Gasteiger partial charge in [0.25, 0.3) is 0 Å². The van der Waals surface area contributed by atoms with Gasteiger partial charge in [-0.15, -0.1) is 0 Å². The zero-order valence-electron chi connectivity index (χ0n) is 14.4. The molecule has 1 aliphatic rings. The largest absolute Gasteiger partial charge is 0.358 e. The van der Waals surface area contributed by atoms with Crippen molar-refractivity contribution in [3.63, 3.8) is 0 Å². The number of hydrogen-bond acceptors (Lipinski definition) is 2. The summed E-state index contributed by atoms with van der Waals surface area (Å²) < 4.78 is 27.2. The number of para-hydroxylation sites is 1. The Morgan fingerprint density at radius 1 is 1.12 bits per heavy atom. The van der Waals surface area contributed by atoms with Crippen LogP contribution in [0.5, 0.6) is 0 Å². The predicted octanol–water partition coefficient (Wildman–Crippen LogP) is 4.61. The summed E-state index contributed by atoms with van der Waals surface area (Å²) in [4.78, 5) is 3.65. The number of benzene rings is 2. The normalized spacial score (nSPS) is 16.0. The highest BCUT2D eigenvalue weighted by Gasteiger charge is 2.27. The van der Waals surface area contributed by atoms with E-state index in [0.29, 0.717) is 24.5 Å². The van der Waals surface area contributed by atoms with E-state index in [-0.39, 0.29) is 4.90 Å². The van der Waals surface area contributed by atoms with Crippen LogP contribution in [0.15, 0.2) is 59.5 Å². The van der Waals surface area contributed by atoms with Crippen molar-refractivity contribution in [3.05, 3.63) is 70.9 Å². The van der Waals surface area contributed by atoms with Crippen molar-refractivity contribution in [2.24, 2.45) is 0 Å². The first-order chi connectivity index (χ1) is 12.5. The van der Waals surface area contributed by atoms with E-state index in [4.69, 9.17) is 11.6 Å². The van der Waals surface area contributed by atoms with Crippen molar-refractivity contribution < 1.29 is 8.42 Å². The minimum absolute atomic E-state index is 0.241. The second-order valence-corrected chi connectivity index (χ2v) is 8.84. The molecule has 134 valence electrons. The summed E-state index contributed by atoms with van der Waals surface area (Å²) in [7, 11) is -3.53. The topological polar surface area (TPSA) is 53.2 Å². The highest BCUT2D eigenvalue weighted by molar-refractivity contribution is 7.89. The molecule has 0 atom stereocenters. The number of aromatic nitrogens is 1. The fraction of sp³-hybridized carbons (Fsp3) is 0.200. The number of rotatable bonds is 3. The van der Waals surface area contributed by atoms with Gasteiger partial charge < -0.3 is 4.98 Å². The van der Waals surface area contributed by atoms with E-state index in [1.165, 1.54) is 26.9 Å². The van der Waals surface area contributed by atoms with Crippen LogP contribution in [-0.4, -0.2) is 30.8 Å². The number of aromatic amines is 1. The fourth-order valence-corrected chi connectivity index (χ4v) is 5.24. The number of halogens is 1. The number of nitrogens with one attached hydrogen (secondary N) is 1. The first-order valence-corrected chi connectivity index (χ1v) is 10.3. The fourth-order valence-electron chi connectivity index (χ4n) is 3.56. The highest BCUT2D eigenvalue weighted by Crippen LogP contribution is 2.33. The van der Waals surface area contributed by atoms with Gasteiger partial charge in [-0.05, 0) is 43.2 Å². The molecule has 1 aliphatic heterocycles. The third-order valence-electron chi connectivity index (χ3n) is 4.82. The Kier molecular flexibility index (Phi) is 4.39. The Bertz CT molecular complexity index is 1120. The quantitative estimate of drug-likeness (QED) is 0.714. The van der Waals surface area contributed by atoms with E-state index in [0.717, 1.165) is 11.2 Å². The van der Waals surface area contributed by atoms with Crippen LogP contribution in [0.25, 0.3) is 16.5 Å². The van der Waals surface area contributed by atoms with Crippen molar-refractivity contribution in [2.45, 2.75) is 18.2 Å². The van der Waals surface area contributed by atoms with Gasteiger partial charge in [0.1, 0.15) is 0 Å². The zero-order chi connectivity index (χ0) is 18.3. The summed E-state index contributed by atoms with van der Waals surface area (Å²) in [6, 6.07) is 14.6. The molecule has 2 heterocycles. The molecular formula is C20H19ClN2O2S. The summed E-state index contributed by atoms with van der Waals surface area (Å²) in [5, 5.41) is 1.61. The molecule has 4 nitrogen and oxygen atoms in total. The van der Waals surface area contributed by atoms with Gasteiger partial charge in [-0.3, -0.25) is 0 Å². The van der Waals surface area contributed by atoms with Crippen molar-refractivity contribution in [1.82, 2.24) is 9.29 Å². The molecule has 2 aromatic carbocycles. The average Bonchev–Trinajstić information content (AvgIpc) is 2.97. The molecule has 6 heteroatoms. The lowest BCUT2D eigenvalue weighted by atomic mass is 9.97. The molecule has 0 saturated carbocycles. The number of sulfonamides is 1. The Balaban J connectivity index is 1.65. The van der Waals surface area contributed by atoms with Crippen LogP contribution in [0.1, 0.15) is 17.7 Å². The van der Waals surface area contributed by atoms with Gasteiger partial charge in [0, 0.05) is 40.3 Å². The van der Waals surface area contributed by atoms with Crippen LogP contribution in [-0.2, 0) is 10.0 Å². The van der Waals surface area contributed by atoms with Gasteiger partial charge in [0.15, 0.2) is 0 Å². The summed E-state index contributed by atoms with van der Waals surface area (Å²) >= 11 is 5.96. The second-order valence-electron chi connectivity index (χ2n) is 6.47. The van der Waals surface area contributed by atoms with Crippen LogP contribution in [0.2, 0.25) is 5.02 Å². The maximum Gasteiger partial charge on any atom is 0.243 e. The maximum atomic E-state index is 12.8. The monoisotopic (exact) mass is 386 g/mol. The van der Waals surface area contributed by atoms with E-state index < -0.39 is 10.0 Å². The van der Waals surface area contributed by atoms with Crippen molar-refractivity contribution in [2.75, 3.05) is 13.1 Å². The molecule has 1 aromatic heterocycles. The maximum absolute atomic E-state index is 12.8. The lowest BCUT2D eigenvalue weighted by Crippen LogP contribution is -2.34. The van der Waals surface area contributed by atoms with Gasteiger partial charge in [0.05, 0.1) is 4.90 Å². The standard InChI is InChI=1S/C20H19ClN2O2S/c1-14-20(18-7-2-3-8-19(18)22-14)15-9-11-23(12-10-15)26(24,25)17-6-4-5-16(21)13-17/h2-9,13,22H,10-12H2,1H3. The predicted molar refractivity (Wildman–Crippen MR) is 106 cm³/mol. The van der Waals surface area contributed by atoms with Gasteiger partial charge in [-0.1, -0.05) is 41.9 Å². The van der Waals surface area contributed by atoms with Gasteiger partial charge >= 0.3 is 0 Å². The molecule has 0 unspecified atom stereocenters. The lowest BCUT2D eigenvalue weighted by molar-refractivity contribution is 0.441. The molecule has 1 N–H and O–H groups in total. The van der Waals surface area contributed by atoms with Crippen molar-refractivity contribution in [1.29, 1.82) is 0 Å². The molecule has 0 amide bonds. The summed E-state index contributed by atoms with van der Waals surface area (Å²) in [6.45, 7) is 2.88. The molecular weight excluding hydrogens is 368 g/mol. The minimum Gasteiger partial charge on any atom is -0.358 e. The minimum atomic E-state index is -3.53. The second kappa shape index (κ2) is 6.58. The molecule has 4 rings (SSSR count). The van der Waals surface area contributed by atoms with E-state index >= 15 is 0 Å². The average molecular weight is 387 g/mol. The number of H-pyrrole nitrogens is 1. The smallest absolute Gasteiger partial charge is 0.243 e. The van der Waals surface area contributed by atoms with E-state index in [1.54, 1.807) is 18.2 Å². The van der Waals surface area contributed by atoms with Gasteiger partial charge in [-0.25, -0.2) is 8.42 Å². The first-order valence-electron chi connectivity index (χ1n) is 8.49. The Hall–Kier alpha value is -2.08. The van der Waals surface area contributed by atoms with Gasteiger partial charge in [-0.2, -0.15) is 4.31 Å². The number of fused-ring (bicyclic) bond motifs is 1. The highest BCUT2D eigenvalue weighted by atomic mass is 35.5. The Morgan fingerprint density at radius 2 is 1.92 bits per heavy atom. The van der Waals surface area contributed by atoms with Gasteiger partial charge in [0.2, 0.25) is 10.0 Å². The first kappa shape index (κ1) is 17.3. The number of aryl methyl sites for hydroxylation is 1. The summed E-state index contributed by atoms with van der Waals surface area (Å²) in [5.41, 5.74) is 4.61. The molecule has 0 bridgehead atoms. The summed E-state index contributed by atoms with van der Waals surface area (Å²) in [5.74, 6) is 0. The molecule has 0 spiro atoms. The molecule has 0 fully saturated rings. The zero-order valence-corrected chi connectivity index (χ0v) is 15.9. The molecule has 0 radical (unpaired) electrons. The van der Waals surface area contributed by atoms with Crippen LogP contribution in [0.4, 0.5) is 0 Å². The summed E-state index contributed by atoms with van der Waals surface area (Å²) in [6.07, 6.45) is 2.71. The third kappa shape index (κ3) is 2.96. The van der Waals surface area contributed by atoms with E-state index in [9.17, 15) is 8.42 Å². The van der Waals surface area contributed by atoms with Crippen LogP contribution in [0.3, 0.4) is 0 Å². The number of hydrogen-bond donors (Lipinski definition) is 1. The van der Waals surface area contributed by atoms with Crippen molar-refractivity contribution >= 4 is 38.1 Å². The Labute approximate surface area is 158 Å². The van der Waals surface area contributed by atoms with Crippen molar-refractivity contribution in [3.8, 4) is 0 Å². The third-order valence-corrected chi connectivity index (χ3v) is 6.92. The molecule has 26 heavy (non-hydrogen) atoms. The molecule has 0 saturated heterocycles. The number of nitrogens with zero attached hydrogens (tertiary/aromatic N) is 1. The van der Waals surface area contributed by atoms with E-state index in [1.807, 2.05) is 18.2 Å². The molecule has 0 aliphatic carbocycles.